The minimum Gasteiger partial charge on any atom is -0.290 e. The van der Waals surface area contributed by atoms with Gasteiger partial charge in [0.25, 0.3) is 0 Å². The van der Waals surface area contributed by atoms with E-state index in [1.165, 1.54) is 4.68 Å². The highest BCUT2D eigenvalue weighted by Crippen LogP contribution is 2.18. The third kappa shape index (κ3) is 3.38. The van der Waals surface area contributed by atoms with Crippen molar-refractivity contribution in [2.75, 3.05) is 6.61 Å². The average Bonchev–Trinajstić information content (AvgIpc) is 2.40. The zero-order valence-electron chi connectivity index (χ0n) is 8.94. The molecule has 0 saturated carbocycles. The Morgan fingerprint density at radius 2 is 2.00 bits per heavy atom. The highest BCUT2D eigenvalue weighted by atomic mass is 35.5. The average molecular weight is 257 g/mol. The molecule has 1 aromatic heterocycles. The molecule has 0 aliphatic heterocycles. The molecule has 0 bridgehead atoms. The van der Waals surface area contributed by atoms with Gasteiger partial charge in [-0.15, -0.1) is 24.8 Å². The third-order valence-electron chi connectivity index (χ3n) is 2.23. The summed E-state index contributed by atoms with van der Waals surface area (Å²) in [6.45, 7) is 3.15. The number of alkyl halides is 4. The maximum atomic E-state index is 11.7. The molecule has 0 aliphatic carbocycles. The monoisotopic (exact) mass is 256 g/mol. The van der Waals surface area contributed by atoms with Gasteiger partial charge in [-0.2, -0.15) is 5.10 Å². The van der Waals surface area contributed by atoms with Crippen LogP contribution in [0.25, 0.3) is 0 Å². The quantitative estimate of drug-likeness (QED) is 0.775. The largest absolute Gasteiger partial charge is 0.522 e. The fraction of sp³-hybridized carbons (Fsp3) is 0.667. The van der Waals surface area contributed by atoms with Gasteiger partial charge in [-0.05, 0) is 13.8 Å². The maximum Gasteiger partial charge on any atom is 0.522 e. The SMILES string of the molecule is Cc1nn(CCOC(F)(F)F)c(C)c1CCl. The molecule has 16 heavy (non-hydrogen) atoms. The lowest BCUT2D eigenvalue weighted by atomic mass is 10.2. The molecule has 0 radical (unpaired) electrons. The first kappa shape index (κ1) is 13.3. The first-order chi connectivity index (χ1) is 7.35. The van der Waals surface area contributed by atoms with Crippen LogP contribution in [0.15, 0.2) is 0 Å². The smallest absolute Gasteiger partial charge is 0.290 e. The van der Waals surface area contributed by atoms with E-state index in [4.69, 9.17) is 11.6 Å². The number of hydrogen-bond donors (Lipinski definition) is 0. The van der Waals surface area contributed by atoms with E-state index in [1.807, 2.05) is 0 Å². The van der Waals surface area contributed by atoms with E-state index < -0.39 is 13.0 Å². The molecule has 1 heterocycles. The van der Waals surface area contributed by atoms with Crippen LogP contribution in [-0.2, 0) is 17.2 Å². The van der Waals surface area contributed by atoms with Crippen molar-refractivity contribution in [1.29, 1.82) is 0 Å². The van der Waals surface area contributed by atoms with Gasteiger partial charge in [0.1, 0.15) is 0 Å². The van der Waals surface area contributed by atoms with Crippen molar-refractivity contribution in [2.45, 2.75) is 32.6 Å². The van der Waals surface area contributed by atoms with E-state index in [0.29, 0.717) is 5.88 Å². The van der Waals surface area contributed by atoms with Gasteiger partial charge in [-0.1, -0.05) is 0 Å². The molecule has 92 valence electrons. The summed E-state index contributed by atoms with van der Waals surface area (Å²) in [5.74, 6) is 0.303. The molecule has 7 heteroatoms. The van der Waals surface area contributed by atoms with Crippen LogP contribution in [0, 0.1) is 13.8 Å². The molecule has 0 aromatic carbocycles. The number of hydrogen-bond acceptors (Lipinski definition) is 2. The predicted molar refractivity (Wildman–Crippen MR) is 53.3 cm³/mol. The van der Waals surface area contributed by atoms with Gasteiger partial charge in [-0.3, -0.25) is 9.42 Å². The minimum atomic E-state index is -4.59. The molecule has 1 rings (SSSR count). The summed E-state index contributed by atoms with van der Waals surface area (Å²) >= 11 is 5.69. The topological polar surface area (TPSA) is 27.1 Å². The van der Waals surface area contributed by atoms with Gasteiger partial charge in [-0.25, -0.2) is 0 Å². The molecule has 0 aliphatic rings. The standard InChI is InChI=1S/C9H12ClF3N2O/c1-6-8(5-10)7(2)15(14-6)3-4-16-9(11,12)13/h3-5H2,1-2H3. The van der Waals surface area contributed by atoms with E-state index in [0.717, 1.165) is 17.0 Å². The van der Waals surface area contributed by atoms with E-state index >= 15 is 0 Å². The normalized spacial score (nSPS) is 12.1. The second-order valence-corrected chi connectivity index (χ2v) is 3.57. The lowest BCUT2D eigenvalue weighted by Gasteiger charge is -2.08. The molecule has 0 fully saturated rings. The van der Waals surface area contributed by atoms with Crippen LogP contribution in [0.2, 0.25) is 0 Å². The van der Waals surface area contributed by atoms with Gasteiger partial charge in [0.05, 0.1) is 24.7 Å². The van der Waals surface area contributed by atoms with Crippen LogP contribution < -0.4 is 0 Å². The Hall–Kier alpha value is -0.750. The lowest BCUT2D eigenvalue weighted by Crippen LogP contribution is -2.18. The number of ether oxygens (including phenoxy) is 1. The summed E-state index contributed by atoms with van der Waals surface area (Å²) in [4.78, 5) is 0. The number of nitrogens with zero attached hydrogens (tertiary/aromatic N) is 2. The zero-order valence-corrected chi connectivity index (χ0v) is 9.69. The molecule has 0 spiro atoms. The molecule has 1 aromatic rings. The van der Waals surface area contributed by atoms with Crippen LogP contribution in [0.5, 0.6) is 0 Å². The van der Waals surface area contributed by atoms with E-state index in [1.54, 1.807) is 13.8 Å². The second kappa shape index (κ2) is 5.05. The van der Waals surface area contributed by atoms with Crippen LogP contribution >= 0.6 is 11.6 Å². The van der Waals surface area contributed by atoms with Crippen molar-refractivity contribution in [1.82, 2.24) is 9.78 Å². The van der Waals surface area contributed by atoms with E-state index in [-0.39, 0.29) is 6.54 Å². The van der Waals surface area contributed by atoms with Crippen molar-refractivity contribution in [3.05, 3.63) is 17.0 Å². The molecule has 0 saturated heterocycles. The number of aromatic nitrogens is 2. The van der Waals surface area contributed by atoms with Crippen molar-refractivity contribution in [3.63, 3.8) is 0 Å². The van der Waals surface area contributed by atoms with Crippen molar-refractivity contribution in [2.24, 2.45) is 0 Å². The van der Waals surface area contributed by atoms with Gasteiger partial charge in [0.2, 0.25) is 0 Å². The first-order valence-electron chi connectivity index (χ1n) is 4.64. The number of rotatable bonds is 4. The number of halogens is 4. The summed E-state index contributed by atoms with van der Waals surface area (Å²) in [6, 6.07) is 0. The molecule has 0 N–H and O–H groups in total. The fourth-order valence-corrected chi connectivity index (χ4v) is 1.78. The minimum absolute atomic E-state index is 0.0586. The Bertz CT molecular complexity index is 362. The van der Waals surface area contributed by atoms with Crippen LogP contribution in [0.1, 0.15) is 17.0 Å². The Morgan fingerprint density at radius 1 is 1.38 bits per heavy atom. The van der Waals surface area contributed by atoms with Crippen molar-refractivity contribution >= 4 is 11.6 Å². The van der Waals surface area contributed by atoms with E-state index in [9.17, 15) is 13.2 Å². The maximum absolute atomic E-state index is 11.7. The van der Waals surface area contributed by atoms with Gasteiger partial charge >= 0.3 is 6.36 Å². The lowest BCUT2D eigenvalue weighted by molar-refractivity contribution is -0.325. The number of aryl methyl sites for hydroxylation is 1. The Kier molecular flexibility index (Phi) is 4.21. The highest BCUT2D eigenvalue weighted by molar-refractivity contribution is 6.17. The van der Waals surface area contributed by atoms with Crippen molar-refractivity contribution < 1.29 is 17.9 Å². The molecular formula is C9H12ClF3N2O. The Morgan fingerprint density at radius 3 is 2.44 bits per heavy atom. The van der Waals surface area contributed by atoms with Gasteiger partial charge in [0.15, 0.2) is 0 Å². The van der Waals surface area contributed by atoms with Crippen LogP contribution in [0.4, 0.5) is 13.2 Å². The molecule has 0 atom stereocenters. The summed E-state index contributed by atoms with van der Waals surface area (Å²) in [5.41, 5.74) is 2.37. The van der Waals surface area contributed by atoms with E-state index in [2.05, 4.69) is 9.84 Å². The molecule has 0 amide bonds. The predicted octanol–water partition coefficient (Wildman–Crippen LogP) is 2.78. The van der Waals surface area contributed by atoms with Crippen LogP contribution in [-0.4, -0.2) is 22.7 Å². The van der Waals surface area contributed by atoms with Crippen LogP contribution in [0.3, 0.4) is 0 Å². The molecule has 3 nitrogen and oxygen atoms in total. The summed E-state index contributed by atoms with van der Waals surface area (Å²) in [7, 11) is 0. The highest BCUT2D eigenvalue weighted by Gasteiger charge is 2.28. The Balaban J connectivity index is 2.61. The third-order valence-corrected chi connectivity index (χ3v) is 2.50. The summed E-state index contributed by atoms with van der Waals surface area (Å²) in [6.07, 6.45) is -4.59. The molecule has 0 unspecified atom stereocenters. The molecular weight excluding hydrogens is 245 g/mol. The Labute approximate surface area is 96.1 Å². The first-order valence-corrected chi connectivity index (χ1v) is 5.18. The summed E-state index contributed by atoms with van der Waals surface area (Å²) in [5, 5.41) is 4.09. The zero-order chi connectivity index (χ0) is 12.3. The van der Waals surface area contributed by atoms with Gasteiger partial charge in [0, 0.05) is 11.3 Å². The second-order valence-electron chi connectivity index (χ2n) is 3.30. The summed E-state index contributed by atoms with van der Waals surface area (Å²) < 4.78 is 40.4. The van der Waals surface area contributed by atoms with Crippen molar-refractivity contribution in [3.8, 4) is 0 Å². The van der Waals surface area contributed by atoms with Gasteiger partial charge < -0.3 is 0 Å². The fourth-order valence-electron chi connectivity index (χ4n) is 1.39.